The van der Waals surface area contributed by atoms with E-state index in [1.54, 1.807) is 4.90 Å². The van der Waals surface area contributed by atoms with Crippen molar-refractivity contribution in [2.45, 2.75) is 51.1 Å². The normalized spacial score (nSPS) is 25.4. The Kier molecular flexibility index (Phi) is 5.11. The highest BCUT2D eigenvalue weighted by Gasteiger charge is 2.53. The van der Waals surface area contributed by atoms with Gasteiger partial charge >= 0.3 is 0 Å². The van der Waals surface area contributed by atoms with Gasteiger partial charge in [-0.2, -0.15) is 5.26 Å². The molecule has 1 aromatic carbocycles. The van der Waals surface area contributed by atoms with E-state index in [-0.39, 0.29) is 30.4 Å². The summed E-state index contributed by atoms with van der Waals surface area (Å²) in [4.78, 5) is 14.2. The summed E-state index contributed by atoms with van der Waals surface area (Å²) in [5.74, 6) is 6.52. The van der Waals surface area contributed by atoms with Crippen molar-refractivity contribution in [3.05, 3.63) is 35.4 Å². The second-order valence-corrected chi connectivity index (χ2v) is 7.27. The maximum Gasteiger partial charge on any atom is 0.227 e. The Labute approximate surface area is 149 Å². The van der Waals surface area contributed by atoms with Gasteiger partial charge in [0.15, 0.2) is 0 Å². The molecule has 1 aromatic rings. The van der Waals surface area contributed by atoms with E-state index in [4.69, 9.17) is 0 Å². The lowest BCUT2D eigenvalue weighted by Crippen LogP contribution is -2.66. The lowest BCUT2D eigenvalue weighted by Gasteiger charge is -2.53. The van der Waals surface area contributed by atoms with E-state index in [2.05, 4.69) is 17.9 Å². The van der Waals surface area contributed by atoms with Crippen molar-refractivity contribution in [3.8, 4) is 17.9 Å². The number of aliphatic hydroxyl groups is 1. The second-order valence-electron chi connectivity index (χ2n) is 7.27. The van der Waals surface area contributed by atoms with Gasteiger partial charge in [-0.1, -0.05) is 44.2 Å². The Morgan fingerprint density at radius 1 is 1.32 bits per heavy atom. The van der Waals surface area contributed by atoms with E-state index in [0.29, 0.717) is 5.92 Å². The second kappa shape index (κ2) is 7.30. The predicted molar refractivity (Wildman–Crippen MR) is 95.4 cm³/mol. The van der Waals surface area contributed by atoms with Crippen molar-refractivity contribution in [2.75, 3.05) is 6.61 Å². The van der Waals surface area contributed by atoms with Crippen molar-refractivity contribution in [1.29, 1.82) is 5.26 Å². The monoisotopic (exact) mass is 336 g/mol. The smallest absolute Gasteiger partial charge is 0.227 e. The molecule has 25 heavy (non-hydrogen) atoms. The zero-order chi connectivity index (χ0) is 18.0. The van der Waals surface area contributed by atoms with Crippen molar-refractivity contribution < 1.29 is 9.90 Å². The number of carbonyl (C=O) groups excluding carboxylic acids is 1. The van der Waals surface area contributed by atoms with Gasteiger partial charge in [0, 0.05) is 23.3 Å². The number of likely N-dealkylation sites (tertiary alicyclic amines) is 1. The van der Waals surface area contributed by atoms with Crippen LogP contribution < -0.4 is 0 Å². The highest BCUT2D eigenvalue weighted by molar-refractivity contribution is 5.82. The average molecular weight is 336 g/mol. The molecule has 3 atom stereocenters. The van der Waals surface area contributed by atoms with E-state index in [1.165, 1.54) is 0 Å². The minimum Gasteiger partial charge on any atom is -0.394 e. The fourth-order valence-corrected chi connectivity index (χ4v) is 3.59. The molecule has 0 radical (unpaired) electrons. The highest BCUT2D eigenvalue weighted by atomic mass is 16.3. The number of nitrogens with zero attached hydrogens (tertiary/aromatic N) is 2. The van der Waals surface area contributed by atoms with Crippen LogP contribution in [0.5, 0.6) is 0 Å². The first-order valence-electron chi connectivity index (χ1n) is 9.01. The van der Waals surface area contributed by atoms with Crippen molar-refractivity contribution in [1.82, 2.24) is 4.90 Å². The molecular formula is C21H24N2O2. The summed E-state index contributed by atoms with van der Waals surface area (Å²) in [5, 5.41) is 19.4. The van der Waals surface area contributed by atoms with Crippen molar-refractivity contribution in [2.24, 2.45) is 11.8 Å². The van der Waals surface area contributed by atoms with Gasteiger partial charge in [0.2, 0.25) is 5.91 Å². The molecule has 4 heteroatoms. The summed E-state index contributed by atoms with van der Waals surface area (Å²) < 4.78 is 0. The largest absolute Gasteiger partial charge is 0.394 e. The maximum absolute atomic E-state index is 12.6. The molecule has 1 heterocycles. The Balaban J connectivity index is 1.78. The molecule has 0 aromatic heterocycles. The molecule has 0 spiro atoms. The molecule has 3 rings (SSSR count). The molecule has 0 bridgehead atoms. The van der Waals surface area contributed by atoms with E-state index in [0.717, 1.165) is 30.4 Å². The Morgan fingerprint density at radius 2 is 2.00 bits per heavy atom. The lowest BCUT2D eigenvalue weighted by atomic mass is 9.73. The fourth-order valence-electron chi connectivity index (χ4n) is 3.59. The van der Waals surface area contributed by atoms with Gasteiger partial charge in [-0.05, 0) is 30.5 Å². The van der Waals surface area contributed by atoms with Gasteiger partial charge in [-0.25, -0.2) is 0 Å². The van der Waals surface area contributed by atoms with Gasteiger partial charge < -0.3 is 10.0 Å². The molecule has 0 unspecified atom stereocenters. The quantitative estimate of drug-likeness (QED) is 0.863. The van der Waals surface area contributed by atoms with Gasteiger partial charge in [-0.3, -0.25) is 4.79 Å². The molecule has 1 N–H and O–H groups in total. The van der Waals surface area contributed by atoms with Crippen LogP contribution in [0.25, 0.3) is 0 Å². The number of aliphatic hydroxyl groups excluding tert-OH is 1. The van der Waals surface area contributed by atoms with Crippen LogP contribution in [0.15, 0.2) is 24.3 Å². The van der Waals surface area contributed by atoms with Crippen LogP contribution in [0.2, 0.25) is 0 Å². The molecule has 4 nitrogen and oxygen atoms in total. The van der Waals surface area contributed by atoms with Crippen molar-refractivity contribution >= 4 is 5.91 Å². The molecule has 1 aliphatic heterocycles. The Hall–Kier alpha value is -2.30. The highest BCUT2D eigenvalue weighted by Crippen LogP contribution is 2.43. The number of rotatable bonds is 3. The summed E-state index contributed by atoms with van der Waals surface area (Å²) in [7, 11) is 0. The summed E-state index contributed by atoms with van der Waals surface area (Å²) >= 11 is 0. The molecule has 130 valence electrons. The predicted octanol–water partition coefficient (Wildman–Crippen LogP) is 2.67. The third kappa shape index (κ3) is 3.28. The maximum atomic E-state index is 12.6. The van der Waals surface area contributed by atoms with Crippen LogP contribution in [0.3, 0.4) is 0 Å². The van der Waals surface area contributed by atoms with Crippen LogP contribution >= 0.6 is 0 Å². The fraction of sp³-hybridized carbons (Fsp3) is 0.524. The van der Waals surface area contributed by atoms with E-state index in [9.17, 15) is 15.2 Å². The molecular weight excluding hydrogens is 312 g/mol. The van der Waals surface area contributed by atoms with Gasteiger partial charge in [0.05, 0.1) is 18.7 Å². The van der Waals surface area contributed by atoms with E-state index >= 15 is 0 Å². The van der Waals surface area contributed by atoms with Crippen LogP contribution in [-0.4, -0.2) is 34.6 Å². The number of hydrogen-bond donors (Lipinski definition) is 1. The third-order valence-corrected chi connectivity index (χ3v) is 5.24. The van der Waals surface area contributed by atoms with Crippen LogP contribution in [0.1, 0.15) is 50.2 Å². The molecule has 1 amide bonds. The minimum atomic E-state index is -0.488. The van der Waals surface area contributed by atoms with Gasteiger partial charge in [-0.15, -0.1) is 0 Å². The first-order valence-corrected chi connectivity index (χ1v) is 9.01. The number of amides is 1. The topological polar surface area (TPSA) is 64.3 Å². The van der Waals surface area contributed by atoms with Gasteiger partial charge in [0.25, 0.3) is 0 Å². The molecule has 1 aliphatic carbocycles. The zero-order valence-corrected chi connectivity index (χ0v) is 14.8. The number of hydrogen-bond acceptors (Lipinski definition) is 3. The third-order valence-electron chi connectivity index (χ3n) is 5.24. The first kappa shape index (κ1) is 17.5. The summed E-state index contributed by atoms with van der Waals surface area (Å²) in [6.07, 6.45) is 2.88. The van der Waals surface area contributed by atoms with Gasteiger partial charge in [0.1, 0.15) is 6.04 Å². The number of carbonyl (C=O) groups is 1. The van der Waals surface area contributed by atoms with Crippen molar-refractivity contribution in [3.63, 3.8) is 0 Å². The zero-order valence-electron chi connectivity index (χ0n) is 14.8. The molecule has 1 saturated carbocycles. The lowest BCUT2D eigenvalue weighted by molar-refractivity contribution is -0.154. The number of nitriles is 1. The Bertz CT molecular complexity index is 732. The average Bonchev–Trinajstić information content (AvgIpc) is 2.52. The van der Waals surface area contributed by atoms with E-state index in [1.807, 2.05) is 38.1 Å². The van der Waals surface area contributed by atoms with Crippen LogP contribution in [-0.2, 0) is 4.79 Å². The first-order chi connectivity index (χ1) is 12.1. The Morgan fingerprint density at radius 3 is 2.48 bits per heavy atom. The van der Waals surface area contributed by atoms with Crippen LogP contribution in [0, 0.1) is 35.0 Å². The summed E-state index contributed by atoms with van der Waals surface area (Å²) in [6, 6.07) is 9.31. The molecule has 2 fully saturated rings. The van der Waals surface area contributed by atoms with E-state index < -0.39 is 6.04 Å². The summed E-state index contributed by atoms with van der Waals surface area (Å²) in [6.45, 7) is 3.98. The standard InChI is InChI=1S/C21H24N2O2/c1-14(2)6-7-15-8-10-16(11-9-15)20-18(12-22)23(19(20)13-24)21(25)17-4-3-5-17/h8-11,14,17-20,24H,3-5,13H2,1-2H3/t18-,19+,20+/m1/s1. The summed E-state index contributed by atoms with van der Waals surface area (Å²) in [5.41, 5.74) is 1.92. The number of benzene rings is 1. The molecule has 1 saturated heterocycles. The SMILES string of the molecule is CC(C)C#Cc1ccc([C@H]2[C@@H](C#N)N(C(=O)C3CCC3)[C@H]2CO)cc1. The molecule has 2 aliphatic rings. The minimum absolute atomic E-state index is 0.0347. The van der Waals surface area contributed by atoms with Crippen LogP contribution in [0.4, 0.5) is 0 Å².